The maximum atomic E-state index is 10.5. The van der Waals surface area contributed by atoms with Gasteiger partial charge in [0.25, 0.3) is 0 Å². The van der Waals surface area contributed by atoms with Gasteiger partial charge in [0, 0.05) is 11.9 Å². The molecule has 0 radical (unpaired) electrons. The standard InChI is InChI=1S/C12H19NO/c1-9-6-10(2)8-12(14,7-9)11-4-3-5-13-11/h3-5,9-10,13-14H,6-8H2,1-2H3. The molecular weight excluding hydrogens is 174 g/mol. The molecule has 78 valence electrons. The lowest BCUT2D eigenvalue weighted by Crippen LogP contribution is -2.35. The van der Waals surface area contributed by atoms with Gasteiger partial charge in [0.1, 0.15) is 5.60 Å². The van der Waals surface area contributed by atoms with Crippen molar-refractivity contribution in [2.75, 3.05) is 0 Å². The van der Waals surface area contributed by atoms with Crippen LogP contribution in [0.3, 0.4) is 0 Å². The van der Waals surface area contributed by atoms with E-state index in [9.17, 15) is 5.11 Å². The van der Waals surface area contributed by atoms with Crippen molar-refractivity contribution in [1.82, 2.24) is 4.98 Å². The summed E-state index contributed by atoms with van der Waals surface area (Å²) in [6.07, 6.45) is 4.90. The van der Waals surface area contributed by atoms with Crippen molar-refractivity contribution < 1.29 is 5.11 Å². The van der Waals surface area contributed by atoms with E-state index in [1.54, 1.807) is 0 Å². The van der Waals surface area contributed by atoms with E-state index >= 15 is 0 Å². The van der Waals surface area contributed by atoms with E-state index in [4.69, 9.17) is 0 Å². The first-order chi connectivity index (χ1) is 6.60. The van der Waals surface area contributed by atoms with Gasteiger partial charge in [-0.15, -0.1) is 0 Å². The molecule has 14 heavy (non-hydrogen) atoms. The van der Waals surface area contributed by atoms with Crippen LogP contribution in [0.1, 0.15) is 38.8 Å². The fourth-order valence-corrected chi connectivity index (χ4v) is 2.93. The highest BCUT2D eigenvalue weighted by Crippen LogP contribution is 2.41. The first kappa shape index (κ1) is 9.78. The third kappa shape index (κ3) is 1.71. The molecule has 2 rings (SSSR count). The van der Waals surface area contributed by atoms with Gasteiger partial charge in [-0.3, -0.25) is 0 Å². The van der Waals surface area contributed by atoms with E-state index in [1.165, 1.54) is 6.42 Å². The number of aromatic nitrogens is 1. The van der Waals surface area contributed by atoms with Gasteiger partial charge in [0.2, 0.25) is 0 Å². The highest BCUT2D eigenvalue weighted by Gasteiger charge is 2.37. The van der Waals surface area contributed by atoms with Crippen LogP contribution >= 0.6 is 0 Å². The Kier molecular flexibility index (Phi) is 2.40. The molecule has 1 fully saturated rings. The quantitative estimate of drug-likeness (QED) is 0.706. The Balaban J connectivity index is 2.22. The largest absolute Gasteiger partial charge is 0.384 e. The minimum Gasteiger partial charge on any atom is -0.384 e. The first-order valence-electron chi connectivity index (χ1n) is 5.46. The van der Waals surface area contributed by atoms with Crippen molar-refractivity contribution >= 4 is 0 Å². The number of aliphatic hydroxyl groups is 1. The number of nitrogens with one attached hydrogen (secondary N) is 1. The monoisotopic (exact) mass is 193 g/mol. The van der Waals surface area contributed by atoms with Gasteiger partial charge in [-0.25, -0.2) is 0 Å². The Bertz CT molecular complexity index is 281. The van der Waals surface area contributed by atoms with Crippen LogP contribution in [-0.2, 0) is 5.60 Å². The van der Waals surface area contributed by atoms with Crippen LogP contribution in [0.4, 0.5) is 0 Å². The Hall–Kier alpha value is -0.760. The van der Waals surface area contributed by atoms with Crippen LogP contribution < -0.4 is 0 Å². The Morgan fingerprint density at radius 2 is 2.00 bits per heavy atom. The second-order valence-corrected chi connectivity index (χ2v) is 4.97. The normalized spacial score (nSPS) is 38.5. The summed E-state index contributed by atoms with van der Waals surface area (Å²) in [4.78, 5) is 3.14. The molecule has 1 aliphatic carbocycles. The molecule has 0 amide bonds. The van der Waals surface area contributed by atoms with E-state index < -0.39 is 5.60 Å². The number of H-pyrrole nitrogens is 1. The molecule has 0 saturated heterocycles. The molecule has 1 saturated carbocycles. The molecule has 1 aromatic rings. The minimum absolute atomic E-state index is 0.611. The van der Waals surface area contributed by atoms with Crippen LogP contribution in [0.25, 0.3) is 0 Å². The maximum Gasteiger partial charge on any atom is 0.105 e. The summed E-state index contributed by atoms with van der Waals surface area (Å²) in [5.74, 6) is 1.24. The average molecular weight is 193 g/mol. The highest BCUT2D eigenvalue weighted by molar-refractivity contribution is 5.15. The van der Waals surface area contributed by atoms with Crippen LogP contribution in [0, 0.1) is 11.8 Å². The molecular formula is C12H19NO. The van der Waals surface area contributed by atoms with Crippen LogP contribution in [-0.4, -0.2) is 10.1 Å². The molecule has 1 aromatic heterocycles. The van der Waals surface area contributed by atoms with Crippen LogP contribution in [0.15, 0.2) is 18.3 Å². The van der Waals surface area contributed by atoms with Crippen molar-refractivity contribution in [1.29, 1.82) is 0 Å². The molecule has 2 N–H and O–H groups in total. The lowest BCUT2D eigenvalue weighted by atomic mass is 9.72. The van der Waals surface area contributed by atoms with Gasteiger partial charge >= 0.3 is 0 Å². The van der Waals surface area contributed by atoms with Gasteiger partial charge in [-0.05, 0) is 43.2 Å². The first-order valence-corrected chi connectivity index (χ1v) is 5.46. The second-order valence-electron chi connectivity index (χ2n) is 4.97. The van der Waals surface area contributed by atoms with Gasteiger partial charge < -0.3 is 10.1 Å². The number of aromatic amines is 1. The van der Waals surface area contributed by atoms with E-state index in [2.05, 4.69) is 18.8 Å². The second kappa shape index (κ2) is 3.43. The van der Waals surface area contributed by atoms with Crippen LogP contribution in [0.2, 0.25) is 0 Å². The molecule has 0 aliphatic heterocycles. The summed E-state index contributed by atoms with van der Waals surface area (Å²) in [5, 5.41) is 10.5. The summed E-state index contributed by atoms with van der Waals surface area (Å²) >= 11 is 0. The summed E-state index contributed by atoms with van der Waals surface area (Å²) in [7, 11) is 0. The zero-order valence-electron chi connectivity index (χ0n) is 8.96. The average Bonchev–Trinajstić information content (AvgIpc) is 2.52. The molecule has 0 aromatic carbocycles. The fourth-order valence-electron chi connectivity index (χ4n) is 2.93. The molecule has 0 bridgehead atoms. The predicted molar refractivity (Wildman–Crippen MR) is 56.9 cm³/mol. The van der Waals surface area contributed by atoms with Crippen molar-refractivity contribution in [2.45, 2.75) is 38.7 Å². The number of hydrogen-bond donors (Lipinski definition) is 2. The van der Waals surface area contributed by atoms with E-state index in [0.29, 0.717) is 11.8 Å². The summed E-state index contributed by atoms with van der Waals surface area (Å²) in [6, 6.07) is 3.95. The minimum atomic E-state index is -0.611. The number of hydrogen-bond acceptors (Lipinski definition) is 1. The molecule has 2 unspecified atom stereocenters. The SMILES string of the molecule is CC1CC(C)CC(O)(c2ccc[nH]2)C1. The van der Waals surface area contributed by atoms with Gasteiger partial charge in [0.05, 0.1) is 0 Å². The molecule has 2 heteroatoms. The lowest BCUT2D eigenvalue weighted by Gasteiger charge is -2.38. The Labute approximate surface area is 85.3 Å². The van der Waals surface area contributed by atoms with Gasteiger partial charge in [-0.2, -0.15) is 0 Å². The zero-order chi connectivity index (χ0) is 10.2. The number of rotatable bonds is 1. The summed E-state index contributed by atoms with van der Waals surface area (Å²) in [6.45, 7) is 4.45. The van der Waals surface area contributed by atoms with Crippen LogP contribution in [0.5, 0.6) is 0 Å². The van der Waals surface area contributed by atoms with Crippen molar-refractivity contribution in [3.05, 3.63) is 24.0 Å². The summed E-state index contributed by atoms with van der Waals surface area (Å²) < 4.78 is 0. The van der Waals surface area contributed by atoms with E-state index in [0.717, 1.165) is 18.5 Å². The molecule has 1 heterocycles. The zero-order valence-corrected chi connectivity index (χ0v) is 8.96. The smallest absolute Gasteiger partial charge is 0.105 e. The van der Waals surface area contributed by atoms with Crippen molar-refractivity contribution in [3.8, 4) is 0 Å². The van der Waals surface area contributed by atoms with E-state index in [-0.39, 0.29) is 0 Å². The fraction of sp³-hybridized carbons (Fsp3) is 0.667. The molecule has 2 atom stereocenters. The van der Waals surface area contributed by atoms with Crippen molar-refractivity contribution in [2.24, 2.45) is 11.8 Å². The molecule has 2 nitrogen and oxygen atoms in total. The maximum absolute atomic E-state index is 10.5. The van der Waals surface area contributed by atoms with Gasteiger partial charge in [0.15, 0.2) is 0 Å². The van der Waals surface area contributed by atoms with E-state index in [1.807, 2.05) is 18.3 Å². The topological polar surface area (TPSA) is 36.0 Å². The lowest BCUT2D eigenvalue weighted by molar-refractivity contribution is -0.0393. The summed E-state index contributed by atoms with van der Waals surface area (Å²) in [5.41, 5.74) is 0.372. The Morgan fingerprint density at radius 3 is 2.50 bits per heavy atom. The molecule has 0 spiro atoms. The van der Waals surface area contributed by atoms with Crippen molar-refractivity contribution in [3.63, 3.8) is 0 Å². The molecule has 1 aliphatic rings. The van der Waals surface area contributed by atoms with Gasteiger partial charge in [-0.1, -0.05) is 13.8 Å². The Morgan fingerprint density at radius 1 is 1.36 bits per heavy atom. The highest BCUT2D eigenvalue weighted by atomic mass is 16.3. The predicted octanol–water partition coefficient (Wildman–Crippen LogP) is 2.66. The third-order valence-corrected chi connectivity index (χ3v) is 3.28. The third-order valence-electron chi connectivity index (χ3n) is 3.28.